The van der Waals surface area contributed by atoms with Crippen molar-refractivity contribution in [3.8, 4) is 0 Å². The van der Waals surface area contributed by atoms with Crippen molar-refractivity contribution in [2.75, 3.05) is 12.3 Å². The topological polar surface area (TPSA) is 59.1 Å². The summed E-state index contributed by atoms with van der Waals surface area (Å²) in [5.74, 6) is 0.806. The Bertz CT molecular complexity index is 507. The fourth-order valence-corrected chi connectivity index (χ4v) is 2.73. The average Bonchev–Trinajstić information content (AvgIpc) is 2.64. The number of hydrogen-bond acceptors (Lipinski definition) is 4. The summed E-state index contributed by atoms with van der Waals surface area (Å²) in [5, 5.41) is 9.96. The normalized spacial score (nSPS) is 13.4. The van der Waals surface area contributed by atoms with Crippen molar-refractivity contribution in [1.82, 2.24) is 4.98 Å². The SMILES string of the molecule is CC(C)C(CO)Cc1ccc2nc(N)sc2c1. The summed E-state index contributed by atoms with van der Waals surface area (Å²) >= 11 is 1.51. The highest BCUT2D eigenvalue weighted by atomic mass is 32.1. The zero-order valence-corrected chi connectivity index (χ0v) is 11.0. The van der Waals surface area contributed by atoms with Crippen molar-refractivity contribution >= 4 is 26.7 Å². The van der Waals surface area contributed by atoms with Crippen LogP contribution in [0.1, 0.15) is 19.4 Å². The molecule has 0 amide bonds. The molecule has 4 heteroatoms. The molecule has 1 atom stereocenters. The summed E-state index contributed by atoms with van der Waals surface area (Å²) in [6.45, 7) is 4.52. The number of benzene rings is 1. The summed E-state index contributed by atoms with van der Waals surface area (Å²) in [6, 6.07) is 6.22. The molecule has 2 aromatic rings. The van der Waals surface area contributed by atoms with Crippen molar-refractivity contribution in [1.29, 1.82) is 0 Å². The molecule has 0 saturated carbocycles. The average molecular weight is 250 g/mol. The largest absolute Gasteiger partial charge is 0.396 e. The Kier molecular flexibility index (Phi) is 3.64. The molecule has 0 saturated heterocycles. The number of nitrogens with two attached hydrogens (primary N) is 1. The number of fused-ring (bicyclic) bond motifs is 1. The van der Waals surface area contributed by atoms with E-state index < -0.39 is 0 Å². The molecule has 0 spiro atoms. The van der Waals surface area contributed by atoms with Crippen LogP contribution >= 0.6 is 11.3 Å². The van der Waals surface area contributed by atoms with Gasteiger partial charge in [0.25, 0.3) is 0 Å². The lowest BCUT2D eigenvalue weighted by atomic mass is 9.90. The van der Waals surface area contributed by atoms with Gasteiger partial charge in [0, 0.05) is 6.61 Å². The Labute approximate surface area is 105 Å². The van der Waals surface area contributed by atoms with E-state index in [1.807, 2.05) is 6.07 Å². The van der Waals surface area contributed by atoms with Gasteiger partial charge in [-0.1, -0.05) is 31.3 Å². The molecule has 0 aliphatic carbocycles. The van der Waals surface area contributed by atoms with E-state index in [2.05, 4.69) is 31.0 Å². The molecule has 0 aliphatic heterocycles. The van der Waals surface area contributed by atoms with E-state index >= 15 is 0 Å². The number of hydrogen-bond donors (Lipinski definition) is 2. The van der Waals surface area contributed by atoms with E-state index in [4.69, 9.17) is 5.73 Å². The van der Waals surface area contributed by atoms with E-state index in [0.717, 1.165) is 16.6 Å². The molecule has 0 aliphatic rings. The molecule has 0 bridgehead atoms. The Hall–Kier alpha value is -1.13. The molecule has 2 rings (SSSR count). The number of aromatic nitrogens is 1. The first-order valence-corrected chi connectivity index (χ1v) is 6.67. The maximum absolute atomic E-state index is 9.35. The van der Waals surface area contributed by atoms with Crippen molar-refractivity contribution < 1.29 is 5.11 Å². The summed E-state index contributed by atoms with van der Waals surface area (Å²) < 4.78 is 1.13. The lowest BCUT2D eigenvalue weighted by Gasteiger charge is -2.17. The third kappa shape index (κ3) is 2.76. The van der Waals surface area contributed by atoms with E-state index in [-0.39, 0.29) is 6.61 Å². The maximum Gasteiger partial charge on any atom is 0.181 e. The van der Waals surface area contributed by atoms with Crippen LogP contribution in [0.2, 0.25) is 0 Å². The molecular formula is C13H18N2OS. The molecule has 3 nitrogen and oxygen atoms in total. The Balaban J connectivity index is 2.23. The number of nitrogens with zero attached hydrogens (tertiary/aromatic N) is 1. The van der Waals surface area contributed by atoms with E-state index in [1.165, 1.54) is 16.9 Å². The summed E-state index contributed by atoms with van der Waals surface area (Å²) in [7, 11) is 0. The second-order valence-corrected chi connectivity index (χ2v) is 5.81. The lowest BCUT2D eigenvalue weighted by Crippen LogP contribution is -2.16. The van der Waals surface area contributed by atoms with E-state index in [9.17, 15) is 5.11 Å². The minimum absolute atomic E-state index is 0.237. The van der Waals surface area contributed by atoms with Crippen LogP contribution in [0.5, 0.6) is 0 Å². The molecule has 92 valence electrons. The van der Waals surface area contributed by atoms with Gasteiger partial charge in [-0.3, -0.25) is 0 Å². The third-order valence-electron chi connectivity index (χ3n) is 3.14. The molecule has 0 fully saturated rings. The zero-order chi connectivity index (χ0) is 12.4. The number of aliphatic hydroxyl groups excluding tert-OH is 1. The number of anilines is 1. The standard InChI is InChI=1S/C13H18N2OS/c1-8(2)10(7-16)5-9-3-4-11-12(6-9)17-13(14)15-11/h3-4,6,8,10,16H,5,7H2,1-2H3,(H2,14,15). The van der Waals surface area contributed by atoms with Crippen molar-refractivity contribution in [3.05, 3.63) is 23.8 Å². The van der Waals surface area contributed by atoms with Crippen LogP contribution in [0.3, 0.4) is 0 Å². The van der Waals surface area contributed by atoms with Gasteiger partial charge in [-0.2, -0.15) is 0 Å². The number of nitrogen functional groups attached to an aromatic ring is 1. The Morgan fingerprint density at radius 2 is 2.18 bits per heavy atom. The molecule has 3 N–H and O–H groups in total. The van der Waals surface area contributed by atoms with Gasteiger partial charge in [0.05, 0.1) is 10.2 Å². The molecule has 1 heterocycles. The van der Waals surface area contributed by atoms with Crippen molar-refractivity contribution in [2.45, 2.75) is 20.3 Å². The van der Waals surface area contributed by atoms with Crippen LogP contribution in [-0.4, -0.2) is 16.7 Å². The van der Waals surface area contributed by atoms with Gasteiger partial charge in [-0.05, 0) is 36.0 Å². The van der Waals surface area contributed by atoms with Gasteiger partial charge in [0.1, 0.15) is 0 Å². The zero-order valence-electron chi connectivity index (χ0n) is 10.2. The van der Waals surface area contributed by atoms with Gasteiger partial charge in [-0.15, -0.1) is 0 Å². The highest BCUT2D eigenvalue weighted by molar-refractivity contribution is 7.22. The van der Waals surface area contributed by atoms with Gasteiger partial charge in [-0.25, -0.2) is 4.98 Å². The van der Waals surface area contributed by atoms with Crippen LogP contribution in [0.25, 0.3) is 10.2 Å². The van der Waals surface area contributed by atoms with Crippen LogP contribution in [0.4, 0.5) is 5.13 Å². The monoisotopic (exact) mass is 250 g/mol. The first-order valence-electron chi connectivity index (χ1n) is 5.86. The quantitative estimate of drug-likeness (QED) is 0.877. The Morgan fingerprint density at radius 1 is 1.41 bits per heavy atom. The van der Waals surface area contributed by atoms with Crippen molar-refractivity contribution in [3.63, 3.8) is 0 Å². The number of aliphatic hydroxyl groups is 1. The number of thiazole rings is 1. The lowest BCUT2D eigenvalue weighted by molar-refractivity contribution is 0.189. The van der Waals surface area contributed by atoms with E-state index in [0.29, 0.717) is 17.0 Å². The predicted octanol–water partition coefficient (Wildman–Crippen LogP) is 2.69. The Morgan fingerprint density at radius 3 is 2.82 bits per heavy atom. The molecular weight excluding hydrogens is 232 g/mol. The number of rotatable bonds is 4. The molecule has 0 radical (unpaired) electrons. The fraction of sp³-hybridized carbons (Fsp3) is 0.462. The third-order valence-corrected chi connectivity index (χ3v) is 3.99. The summed E-state index contributed by atoms with van der Waals surface area (Å²) in [4.78, 5) is 4.24. The van der Waals surface area contributed by atoms with Crippen LogP contribution in [0.15, 0.2) is 18.2 Å². The van der Waals surface area contributed by atoms with E-state index in [1.54, 1.807) is 0 Å². The molecule has 17 heavy (non-hydrogen) atoms. The van der Waals surface area contributed by atoms with Crippen molar-refractivity contribution in [2.24, 2.45) is 11.8 Å². The van der Waals surface area contributed by atoms with Gasteiger partial charge < -0.3 is 10.8 Å². The molecule has 1 unspecified atom stereocenters. The van der Waals surface area contributed by atoms with Gasteiger partial charge in [0.2, 0.25) is 0 Å². The second kappa shape index (κ2) is 5.02. The minimum atomic E-state index is 0.237. The van der Waals surface area contributed by atoms with Crippen LogP contribution in [-0.2, 0) is 6.42 Å². The fourth-order valence-electron chi connectivity index (χ4n) is 1.93. The summed E-state index contributed by atoms with van der Waals surface area (Å²) in [5.41, 5.74) is 7.89. The van der Waals surface area contributed by atoms with Crippen LogP contribution in [0, 0.1) is 11.8 Å². The highest BCUT2D eigenvalue weighted by Crippen LogP contribution is 2.26. The maximum atomic E-state index is 9.35. The predicted molar refractivity (Wildman–Crippen MR) is 73.2 cm³/mol. The van der Waals surface area contributed by atoms with Gasteiger partial charge in [0.15, 0.2) is 5.13 Å². The molecule has 1 aromatic heterocycles. The first-order chi connectivity index (χ1) is 8.10. The molecule has 1 aromatic carbocycles. The van der Waals surface area contributed by atoms with Gasteiger partial charge >= 0.3 is 0 Å². The second-order valence-electron chi connectivity index (χ2n) is 4.74. The first kappa shape index (κ1) is 12.3. The smallest absolute Gasteiger partial charge is 0.181 e. The summed E-state index contributed by atoms with van der Waals surface area (Å²) in [6.07, 6.45) is 0.905. The highest BCUT2D eigenvalue weighted by Gasteiger charge is 2.13. The van der Waals surface area contributed by atoms with Crippen LogP contribution < -0.4 is 5.73 Å². The minimum Gasteiger partial charge on any atom is -0.396 e.